The predicted molar refractivity (Wildman–Crippen MR) is 33.4 cm³/mol. The van der Waals surface area contributed by atoms with Crippen molar-refractivity contribution in [2.75, 3.05) is 0 Å². The molecule has 0 amide bonds. The van der Waals surface area contributed by atoms with Crippen molar-refractivity contribution in [3.8, 4) is 0 Å². The molecule has 0 aliphatic rings. The van der Waals surface area contributed by atoms with Crippen LogP contribution in [0.5, 0.6) is 0 Å². The fraction of sp³-hybridized carbons (Fsp3) is 0. The van der Waals surface area contributed by atoms with Crippen LogP contribution in [0.25, 0.3) is 0 Å². The largest absolute Gasteiger partial charge is 0.214 e. The van der Waals surface area contributed by atoms with Crippen molar-refractivity contribution in [2.45, 2.75) is 0 Å². The molecular weight excluding hydrogens is 209 g/mol. The van der Waals surface area contributed by atoms with E-state index >= 15 is 0 Å². The molecule has 0 saturated carbocycles. The quantitative estimate of drug-likeness (QED) is 0.468. The normalized spacial score (nSPS) is 5.60. The van der Waals surface area contributed by atoms with Gasteiger partial charge < -0.3 is 0 Å². The van der Waals surface area contributed by atoms with Crippen LogP contribution in [-0.2, 0) is 28.4 Å². The predicted octanol–water partition coefficient (Wildman–Crippen LogP) is 0.609. The number of carbonyl (C=O) groups excluding carboxylic acids is 2. The summed E-state index contributed by atoms with van der Waals surface area (Å²) in [5.41, 5.74) is 0. The van der Waals surface area contributed by atoms with E-state index in [4.69, 9.17) is 9.59 Å². The Morgan fingerprint density at radius 3 is 1.70 bits per heavy atom. The first-order valence-corrected chi connectivity index (χ1v) is 4.72. The number of hydrogen-bond donors (Lipinski definition) is 0. The molecule has 10 heavy (non-hydrogen) atoms. The third kappa shape index (κ3) is 7.25. The van der Waals surface area contributed by atoms with E-state index in [0.29, 0.717) is 0 Å². The van der Waals surface area contributed by atoms with Crippen LogP contribution in [0, 0.1) is 0 Å². The Bertz CT molecular complexity index is 218. The molecular formula is C7H5NbO2-. The maximum atomic E-state index is 9.08. The van der Waals surface area contributed by atoms with Gasteiger partial charge in [-0.2, -0.15) is 18.2 Å². The molecule has 0 N–H and O–H groups in total. The molecule has 0 spiro atoms. The molecule has 1 rings (SSSR count). The second-order valence-electron chi connectivity index (χ2n) is 1.26. The van der Waals surface area contributed by atoms with Gasteiger partial charge in [0.2, 0.25) is 0 Å². The Labute approximate surface area is 67.2 Å². The van der Waals surface area contributed by atoms with Gasteiger partial charge in [0, 0.05) is 0 Å². The molecule has 0 aromatic heterocycles. The molecule has 0 radical (unpaired) electrons. The molecule has 0 fully saturated rings. The van der Waals surface area contributed by atoms with E-state index in [2.05, 4.69) is 0 Å². The van der Waals surface area contributed by atoms with Crippen LogP contribution in [-0.4, -0.2) is 8.18 Å². The maximum Gasteiger partial charge on any atom is -0.172 e. The van der Waals surface area contributed by atoms with Crippen LogP contribution in [0.4, 0.5) is 0 Å². The molecule has 51 valence electrons. The molecule has 0 saturated heterocycles. The van der Waals surface area contributed by atoms with Gasteiger partial charge in [-0.1, -0.05) is 0 Å². The average Bonchev–Trinajstić information content (AvgIpc) is 2.44. The molecule has 0 unspecified atom stereocenters. The summed E-state index contributed by atoms with van der Waals surface area (Å²) < 4.78 is 2.99. The van der Waals surface area contributed by atoms with Crippen molar-refractivity contribution >= 4 is 8.18 Å². The average molecular weight is 214 g/mol. The van der Waals surface area contributed by atoms with Gasteiger partial charge in [0.05, 0.1) is 0 Å². The summed E-state index contributed by atoms with van der Waals surface area (Å²) in [5.74, 6) is 0. The van der Waals surface area contributed by atoms with E-state index in [1.54, 1.807) is 0 Å². The fourth-order valence-electron chi connectivity index (χ4n) is 0.339. The topological polar surface area (TPSA) is 34.1 Å². The Balaban J connectivity index is 0.000000162. The van der Waals surface area contributed by atoms with Gasteiger partial charge in [0.15, 0.2) is 0 Å². The van der Waals surface area contributed by atoms with Crippen molar-refractivity contribution in [1.29, 1.82) is 0 Å². The standard InChI is InChI=1S/C5H5.2CO.Nb/c1-2-4-5-3-1;2*1-2;/h1-5H;;;/q-1;;;. The minimum Gasteiger partial charge on any atom is -0.214 e. The zero-order valence-corrected chi connectivity index (χ0v) is 7.35. The monoisotopic (exact) mass is 214 g/mol. The molecule has 3 heteroatoms. The zero-order valence-electron chi connectivity index (χ0n) is 5.15. The molecule has 0 aliphatic heterocycles. The van der Waals surface area contributed by atoms with Crippen LogP contribution >= 0.6 is 0 Å². The van der Waals surface area contributed by atoms with E-state index in [-0.39, 0.29) is 0 Å². The van der Waals surface area contributed by atoms with Gasteiger partial charge >= 0.3 is 36.6 Å². The summed E-state index contributed by atoms with van der Waals surface area (Å²) in [6.07, 6.45) is 0. The second-order valence-corrected chi connectivity index (χ2v) is 2.70. The third-order valence-electron chi connectivity index (χ3n) is 0.647. The molecule has 0 bridgehead atoms. The van der Waals surface area contributed by atoms with Crippen LogP contribution < -0.4 is 0 Å². The third-order valence-corrected chi connectivity index (χ3v) is 1.10. The Morgan fingerprint density at radius 1 is 1.10 bits per heavy atom. The summed E-state index contributed by atoms with van der Waals surface area (Å²) in [4.78, 5) is 18.2. The van der Waals surface area contributed by atoms with Gasteiger partial charge in [-0.3, -0.25) is 0 Å². The van der Waals surface area contributed by atoms with Crippen molar-refractivity contribution < 1.29 is 28.4 Å². The first kappa shape index (κ1) is 9.25. The van der Waals surface area contributed by atoms with Crippen molar-refractivity contribution in [1.82, 2.24) is 0 Å². The van der Waals surface area contributed by atoms with E-state index in [1.165, 1.54) is 8.18 Å². The van der Waals surface area contributed by atoms with Gasteiger partial charge in [0.1, 0.15) is 0 Å². The number of hydrogen-bond acceptors (Lipinski definition) is 2. The summed E-state index contributed by atoms with van der Waals surface area (Å²) in [6, 6.07) is 10.0. The molecule has 1 aromatic carbocycles. The van der Waals surface area contributed by atoms with Crippen molar-refractivity contribution in [3.05, 3.63) is 30.3 Å². The van der Waals surface area contributed by atoms with Crippen molar-refractivity contribution in [2.24, 2.45) is 0 Å². The van der Waals surface area contributed by atoms with Crippen LogP contribution in [0.1, 0.15) is 0 Å². The van der Waals surface area contributed by atoms with Crippen LogP contribution in [0.15, 0.2) is 30.3 Å². The van der Waals surface area contributed by atoms with Gasteiger partial charge in [-0.25, -0.2) is 12.1 Å². The zero-order chi connectivity index (χ0) is 7.66. The first-order valence-electron chi connectivity index (χ1n) is 2.52. The summed E-state index contributed by atoms with van der Waals surface area (Å²) >= 11 is -1.26. The smallest absolute Gasteiger partial charge is 0.172 e. The maximum absolute atomic E-state index is 9.08. The Hall–Kier alpha value is -0.750. The minimum absolute atomic E-state index is 1.26. The van der Waals surface area contributed by atoms with Crippen LogP contribution in [0.3, 0.4) is 0 Å². The van der Waals surface area contributed by atoms with E-state index in [1.807, 2.05) is 30.3 Å². The van der Waals surface area contributed by atoms with Crippen molar-refractivity contribution in [3.63, 3.8) is 0 Å². The Kier molecular flexibility index (Phi) is 7.63. The van der Waals surface area contributed by atoms with Crippen LogP contribution in [0.2, 0.25) is 0 Å². The summed E-state index contributed by atoms with van der Waals surface area (Å²) in [5, 5.41) is 0. The molecule has 0 heterocycles. The minimum atomic E-state index is -1.26. The SMILES string of the molecule is O=[C]=[Nb]=[C]=O.c1cc[cH-]c1. The Morgan fingerprint density at radius 2 is 1.60 bits per heavy atom. The first-order chi connectivity index (χ1) is 4.91. The molecule has 0 atom stereocenters. The fourth-order valence-corrected chi connectivity index (χ4v) is 0.431. The van der Waals surface area contributed by atoms with E-state index in [0.717, 1.165) is 0 Å². The molecule has 1 aromatic rings. The van der Waals surface area contributed by atoms with E-state index < -0.39 is 18.8 Å². The summed E-state index contributed by atoms with van der Waals surface area (Å²) in [6.45, 7) is 0. The van der Waals surface area contributed by atoms with Gasteiger partial charge in [0.25, 0.3) is 0 Å². The molecule has 0 aliphatic carbocycles. The van der Waals surface area contributed by atoms with E-state index in [9.17, 15) is 0 Å². The van der Waals surface area contributed by atoms with Gasteiger partial charge in [-0.15, -0.1) is 0 Å². The second kappa shape index (κ2) is 8.25. The van der Waals surface area contributed by atoms with Gasteiger partial charge in [-0.05, 0) is 0 Å². The molecule has 2 nitrogen and oxygen atoms in total. The summed E-state index contributed by atoms with van der Waals surface area (Å²) in [7, 11) is 0. The number of rotatable bonds is 0.